The van der Waals surface area contributed by atoms with Crippen LogP contribution < -0.4 is 9.46 Å². The largest absolute Gasteiger partial charge is 0.494 e. The minimum Gasteiger partial charge on any atom is -0.494 e. The second kappa shape index (κ2) is 6.32. The van der Waals surface area contributed by atoms with Crippen molar-refractivity contribution in [3.05, 3.63) is 41.0 Å². The van der Waals surface area contributed by atoms with E-state index < -0.39 is 21.8 Å². The van der Waals surface area contributed by atoms with E-state index in [0.29, 0.717) is 0 Å². The van der Waals surface area contributed by atoms with Crippen LogP contribution >= 0.6 is 11.3 Å². The third-order valence-corrected chi connectivity index (χ3v) is 5.04. The lowest BCUT2D eigenvalue weighted by Gasteiger charge is -2.09. The van der Waals surface area contributed by atoms with E-state index in [1.54, 1.807) is 5.38 Å². The van der Waals surface area contributed by atoms with Crippen molar-refractivity contribution < 1.29 is 27.1 Å². The summed E-state index contributed by atoms with van der Waals surface area (Å²) in [5.74, 6) is -1.53. The van der Waals surface area contributed by atoms with Crippen LogP contribution in [0.3, 0.4) is 0 Å². The molecule has 0 unspecified atom stereocenters. The van der Waals surface area contributed by atoms with Crippen LogP contribution in [0.15, 0.2) is 34.5 Å². The maximum Gasteiger partial charge on any atom is 0.340 e. The maximum absolute atomic E-state index is 13.6. The van der Waals surface area contributed by atoms with Crippen molar-refractivity contribution in [1.82, 2.24) is 0 Å². The zero-order valence-electron chi connectivity index (χ0n) is 11.6. The molecule has 0 saturated heterocycles. The number of halogens is 1. The first-order valence-corrected chi connectivity index (χ1v) is 8.27. The Morgan fingerprint density at radius 2 is 2.00 bits per heavy atom. The second-order valence-corrected chi connectivity index (χ2v) is 6.66. The summed E-state index contributed by atoms with van der Waals surface area (Å²) in [6.07, 6.45) is 0. The van der Waals surface area contributed by atoms with Crippen LogP contribution in [0.1, 0.15) is 10.4 Å². The summed E-state index contributed by atoms with van der Waals surface area (Å²) in [6, 6.07) is 4.69. The second-order valence-electron chi connectivity index (χ2n) is 4.06. The van der Waals surface area contributed by atoms with E-state index in [2.05, 4.69) is 9.46 Å². The van der Waals surface area contributed by atoms with Crippen molar-refractivity contribution in [2.75, 3.05) is 18.9 Å². The van der Waals surface area contributed by atoms with Crippen molar-refractivity contribution in [3.63, 3.8) is 0 Å². The molecule has 22 heavy (non-hydrogen) atoms. The van der Waals surface area contributed by atoms with Gasteiger partial charge in [0, 0.05) is 0 Å². The Morgan fingerprint density at radius 3 is 2.59 bits per heavy atom. The number of nitrogens with one attached hydrogen (secondary N) is 1. The third kappa shape index (κ3) is 3.20. The van der Waals surface area contributed by atoms with Crippen LogP contribution in [0, 0.1) is 5.82 Å². The topological polar surface area (TPSA) is 81.7 Å². The fraction of sp³-hybridized carbons (Fsp3) is 0.154. The van der Waals surface area contributed by atoms with Gasteiger partial charge in [-0.05, 0) is 29.6 Å². The highest BCUT2D eigenvalue weighted by Crippen LogP contribution is 2.28. The van der Waals surface area contributed by atoms with Gasteiger partial charge in [-0.1, -0.05) is 0 Å². The Balaban J connectivity index is 2.34. The van der Waals surface area contributed by atoms with E-state index in [-0.39, 0.29) is 21.2 Å². The molecule has 1 aromatic heterocycles. The molecule has 0 atom stereocenters. The molecule has 118 valence electrons. The summed E-state index contributed by atoms with van der Waals surface area (Å²) in [7, 11) is -1.57. The van der Waals surface area contributed by atoms with Crippen molar-refractivity contribution in [2.24, 2.45) is 0 Å². The van der Waals surface area contributed by atoms with Crippen molar-refractivity contribution in [1.29, 1.82) is 0 Å². The first-order chi connectivity index (χ1) is 10.4. The number of carbonyl (C=O) groups is 1. The van der Waals surface area contributed by atoms with E-state index in [0.717, 1.165) is 17.4 Å². The molecule has 2 aromatic rings. The summed E-state index contributed by atoms with van der Waals surface area (Å²) < 4.78 is 49.7. The number of ether oxygens (including phenoxy) is 2. The van der Waals surface area contributed by atoms with Crippen molar-refractivity contribution in [3.8, 4) is 5.75 Å². The summed E-state index contributed by atoms with van der Waals surface area (Å²) in [5, 5.41) is 1.64. The van der Waals surface area contributed by atoms with E-state index in [1.807, 2.05) is 0 Å². The van der Waals surface area contributed by atoms with Gasteiger partial charge < -0.3 is 9.47 Å². The fourth-order valence-corrected chi connectivity index (χ4v) is 3.77. The van der Waals surface area contributed by atoms with E-state index >= 15 is 0 Å². The fourth-order valence-electron chi connectivity index (χ4n) is 1.65. The average Bonchev–Trinajstić information content (AvgIpc) is 2.93. The van der Waals surface area contributed by atoms with Gasteiger partial charge in [0.1, 0.15) is 5.00 Å². The molecule has 0 amide bonds. The lowest BCUT2D eigenvalue weighted by Crippen LogP contribution is -2.14. The lowest BCUT2D eigenvalue weighted by atomic mass is 10.3. The van der Waals surface area contributed by atoms with Gasteiger partial charge >= 0.3 is 5.97 Å². The van der Waals surface area contributed by atoms with Gasteiger partial charge in [0.15, 0.2) is 11.6 Å². The summed E-state index contributed by atoms with van der Waals surface area (Å²) >= 11 is 1.02. The molecule has 0 aliphatic rings. The van der Waals surface area contributed by atoms with E-state index in [4.69, 9.17) is 4.74 Å². The molecule has 0 fully saturated rings. The predicted octanol–water partition coefficient (Wildman–Crippen LogP) is 2.48. The molecule has 2 rings (SSSR count). The highest BCUT2D eigenvalue weighted by Gasteiger charge is 2.21. The molecule has 9 heteroatoms. The number of rotatable bonds is 5. The van der Waals surface area contributed by atoms with Crippen LogP contribution in [-0.2, 0) is 14.8 Å². The Morgan fingerprint density at radius 1 is 1.27 bits per heavy atom. The summed E-state index contributed by atoms with van der Waals surface area (Å²) in [4.78, 5) is 11.2. The van der Waals surface area contributed by atoms with Crippen molar-refractivity contribution in [2.45, 2.75) is 4.90 Å². The minimum atomic E-state index is -4.04. The lowest BCUT2D eigenvalue weighted by molar-refractivity contribution is 0.0602. The molecule has 0 aliphatic carbocycles. The monoisotopic (exact) mass is 345 g/mol. The molecule has 0 radical (unpaired) electrons. The van der Waals surface area contributed by atoms with Gasteiger partial charge in [-0.2, -0.15) is 0 Å². The Labute approximate surface area is 130 Å². The number of hydrogen-bond acceptors (Lipinski definition) is 6. The first-order valence-electron chi connectivity index (χ1n) is 5.91. The van der Waals surface area contributed by atoms with E-state index in [1.165, 1.54) is 32.4 Å². The van der Waals surface area contributed by atoms with Crippen molar-refractivity contribution >= 4 is 32.3 Å². The van der Waals surface area contributed by atoms with Gasteiger partial charge in [-0.3, -0.25) is 4.72 Å². The molecular formula is C13H12FNO5S2. The van der Waals surface area contributed by atoms with E-state index in [9.17, 15) is 17.6 Å². The van der Waals surface area contributed by atoms with Gasteiger partial charge in [0.25, 0.3) is 10.0 Å². The molecule has 6 nitrogen and oxygen atoms in total. The smallest absolute Gasteiger partial charge is 0.340 e. The number of carbonyl (C=O) groups excluding carboxylic acids is 1. The molecule has 1 aromatic carbocycles. The van der Waals surface area contributed by atoms with Gasteiger partial charge in [-0.25, -0.2) is 17.6 Å². The van der Waals surface area contributed by atoms with Gasteiger partial charge in [0.2, 0.25) is 0 Å². The van der Waals surface area contributed by atoms with Crippen LogP contribution in [-0.4, -0.2) is 28.6 Å². The van der Waals surface area contributed by atoms with Crippen LogP contribution in [0.25, 0.3) is 0 Å². The summed E-state index contributed by atoms with van der Waals surface area (Å²) in [5.41, 5.74) is 0.0880. The number of thiophene rings is 1. The standard InChI is InChI=1S/C13H12FNO5S2/c1-19-11-4-3-8(7-10(11)14)22(17,18)15-12-9(5-6-21-12)13(16)20-2/h3-7,15H,1-2H3. The average molecular weight is 345 g/mol. The molecule has 0 aliphatic heterocycles. The summed E-state index contributed by atoms with van der Waals surface area (Å²) in [6.45, 7) is 0. The number of anilines is 1. The molecule has 0 bridgehead atoms. The maximum atomic E-state index is 13.6. The number of benzene rings is 1. The molecule has 0 saturated carbocycles. The zero-order chi connectivity index (χ0) is 16.3. The first kappa shape index (κ1) is 16.2. The number of sulfonamides is 1. The highest BCUT2D eigenvalue weighted by molar-refractivity contribution is 7.93. The SMILES string of the molecule is COC(=O)c1ccsc1NS(=O)(=O)c1ccc(OC)c(F)c1. The predicted molar refractivity (Wildman–Crippen MR) is 79.4 cm³/mol. The molecule has 1 heterocycles. The van der Waals surface area contributed by atoms with Gasteiger partial charge in [0.05, 0.1) is 24.7 Å². The van der Waals surface area contributed by atoms with Crippen LogP contribution in [0.4, 0.5) is 9.39 Å². The van der Waals surface area contributed by atoms with Crippen LogP contribution in [0.2, 0.25) is 0 Å². The van der Waals surface area contributed by atoms with Crippen LogP contribution in [0.5, 0.6) is 5.75 Å². The number of methoxy groups -OCH3 is 2. The molecular weight excluding hydrogens is 333 g/mol. The number of hydrogen-bond donors (Lipinski definition) is 1. The Bertz CT molecular complexity index is 801. The third-order valence-electron chi connectivity index (χ3n) is 2.73. The Hall–Kier alpha value is -2.13. The quantitative estimate of drug-likeness (QED) is 0.842. The molecule has 0 spiro atoms. The normalized spacial score (nSPS) is 11.0. The molecule has 1 N–H and O–H groups in total. The number of esters is 1. The minimum absolute atomic E-state index is 0.0645. The highest BCUT2D eigenvalue weighted by atomic mass is 32.2. The zero-order valence-corrected chi connectivity index (χ0v) is 13.3. The Kier molecular flexibility index (Phi) is 4.67. The van der Waals surface area contributed by atoms with Gasteiger partial charge in [-0.15, -0.1) is 11.3 Å².